The lowest BCUT2D eigenvalue weighted by Crippen LogP contribution is -2.15. The second-order valence-corrected chi connectivity index (χ2v) is 4.05. The molecule has 0 atom stereocenters. The molecule has 1 aliphatic carbocycles. The summed E-state index contributed by atoms with van der Waals surface area (Å²) in [6.45, 7) is 0.850. The number of rotatable bonds is 4. The molecular weight excluding hydrogens is 202 g/mol. The van der Waals surface area contributed by atoms with Crippen LogP contribution in [0.4, 0.5) is 0 Å². The Kier molecular flexibility index (Phi) is 2.42. The average Bonchev–Trinajstić information content (AvgIpc) is 3.00. The Morgan fingerprint density at radius 1 is 1.31 bits per heavy atom. The highest BCUT2D eigenvalue weighted by atomic mass is 16.3. The van der Waals surface area contributed by atoms with Gasteiger partial charge in [0.25, 0.3) is 0 Å². The van der Waals surface area contributed by atoms with Gasteiger partial charge in [-0.15, -0.1) is 0 Å². The van der Waals surface area contributed by atoms with Crippen LogP contribution in [0.5, 0.6) is 0 Å². The minimum Gasteiger partial charge on any atom is -0.461 e. The van der Waals surface area contributed by atoms with Crippen LogP contribution in [0.25, 0.3) is 11.6 Å². The normalized spacial score (nSPS) is 15.2. The van der Waals surface area contributed by atoms with Crippen LogP contribution in [-0.2, 0) is 6.54 Å². The molecule has 3 rings (SSSR count). The van der Waals surface area contributed by atoms with E-state index in [1.54, 1.807) is 6.26 Å². The van der Waals surface area contributed by atoms with Gasteiger partial charge in [0.05, 0.1) is 6.26 Å². The standard InChI is InChI=1S/C12H13N3O/c1-2-11(16-5-1)12-14-7-9(8-15-12)6-13-10-3-4-10/h1-2,5,7-8,10,13H,3-4,6H2. The lowest BCUT2D eigenvalue weighted by atomic mass is 10.3. The molecule has 2 heterocycles. The molecule has 0 amide bonds. The molecule has 2 aromatic heterocycles. The summed E-state index contributed by atoms with van der Waals surface area (Å²) in [5.74, 6) is 1.35. The van der Waals surface area contributed by atoms with Crippen molar-refractivity contribution in [2.45, 2.75) is 25.4 Å². The summed E-state index contributed by atoms with van der Waals surface area (Å²) in [4.78, 5) is 8.55. The van der Waals surface area contributed by atoms with Crippen molar-refractivity contribution in [2.24, 2.45) is 0 Å². The molecule has 1 fully saturated rings. The third kappa shape index (κ3) is 2.12. The fraction of sp³-hybridized carbons (Fsp3) is 0.333. The Balaban J connectivity index is 1.69. The van der Waals surface area contributed by atoms with Gasteiger partial charge in [0.15, 0.2) is 11.6 Å². The van der Waals surface area contributed by atoms with E-state index in [4.69, 9.17) is 4.42 Å². The van der Waals surface area contributed by atoms with Crippen molar-refractivity contribution < 1.29 is 4.42 Å². The molecule has 0 spiro atoms. The van der Waals surface area contributed by atoms with E-state index in [0.29, 0.717) is 17.6 Å². The highest BCUT2D eigenvalue weighted by molar-refractivity contribution is 5.45. The molecule has 0 aliphatic heterocycles. The second kappa shape index (κ2) is 4.06. The quantitative estimate of drug-likeness (QED) is 0.847. The Bertz CT molecular complexity index is 446. The van der Waals surface area contributed by atoms with Crippen molar-refractivity contribution in [3.05, 3.63) is 36.4 Å². The first-order valence-electron chi connectivity index (χ1n) is 5.50. The van der Waals surface area contributed by atoms with Gasteiger partial charge in [-0.25, -0.2) is 9.97 Å². The smallest absolute Gasteiger partial charge is 0.195 e. The lowest BCUT2D eigenvalue weighted by molar-refractivity contribution is 0.577. The van der Waals surface area contributed by atoms with Gasteiger partial charge in [0.2, 0.25) is 0 Å². The molecule has 4 heteroatoms. The van der Waals surface area contributed by atoms with Crippen molar-refractivity contribution in [3.8, 4) is 11.6 Å². The number of nitrogens with one attached hydrogen (secondary N) is 1. The van der Waals surface area contributed by atoms with Gasteiger partial charge in [-0.3, -0.25) is 0 Å². The summed E-state index contributed by atoms with van der Waals surface area (Å²) in [5.41, 5.74) is 1.11. The molecule has 1 N–H and O–H groups in total. The number of aromatic nitrogens is 2. The van der Waals surface area contributed by atoms with Gasteiger partial charge in [-0.05, 0) is 25.0 Å². The van der Waals surface area contributed by atoms with E-state index in [1.165, 1.54) is 12.8 Å². The summed E-state index contributed by atoms with van der Waals surface area (Å²) >= 11 is 0. The molecule has 2 aromatic rings. The Morgan fingerprint density at radius 2 is 2.12 bits per heavy atom. The topological polar surface area (TPSA) is 51.0 Å². The fourth-order valence-corrected chi connectivity index (χ4v) is 1.53. The van der Waals surface area contributed by atoms with Crippen LogP contribution in [0, 0.1) is 0 Å². The average molecular weight is 215 g/mol. The molecule has 0 bridgehead atoms. The lowest BCUT2D eigenvalue weighted by Gasteiger charge is -2.02. The summed E-state index contributed by atoms with van der Waals surface area (Å²) in [6.07, 6.45) is 7.92. The number of hydrogen-bond acceptors (Lipinski definition) is 4. The molecule has 0 aromatic carbocycles. The molecule has 82 valence electrons. The summed E-state index contributed by atoms with van der Waals surface area (Å²) < 4.78 is 5.23. The van der Waals surface area contributed by atoms with E-state index >= 15 is 0 Å². The van der Waals surface area contributed by atoms with E-state index in [1.807, 2.05) is 24.5 Å². The van der Waals surface area contributed by atoms with E-state index in [-0.39, 0.29) is 0 Å². The van der Waals surface area contributed by atoms with Crippen molar-refractivity contribution >= 4 is 0 Å². The Hall–Kier alpha value is -1.68. The molecule has 0 radical (unpaired) electrons. The first-order chi connectivity index (χ1) is 7.92. The third-order valence-electron chi connectivity index (χ3n) is 2.62. The Morgan fingerprint density at radius 3 is 2.75 bits per heavy atom. The molecule has 1 aliphatic rings. The maximum Gasteiger partial charge on any atom is 0.195 e. The van der Waals surface area contributed by atoms with Crippen LogP contribution in [0.2, 0.25) is 0 Å². The van der Waals surface area contributed by atoms with E-state index in [9.17, 15) is 0 Å². The highest BCUT2D eigenvalue weighted by Crippen LogP contribution is 2.19. The van der Waals surface area contributed by atoms with Crippen molar-refractivity contribution in [2.75, 3.05) is 0 Å². The number of hydrogen-bond donors (Lipinski definition) is 1. The van der Waals surface area contributed by atoms with Crippen LogP contribution in [-0.4, -0.2) is 16.0 Å². The van der Waals surface area contributed by atoms with Crippen molar-refractivity contribution in [1.29, 1.82) is 0 Å². The van der Waals surface area contributed by atoms with Gasteiger partial charge < -0.3 is 9.73 Å². The molecule has 1 saturated carbocycles. The Labute approximate surface area is 93.7 Å². The third-order valence-corrected chi connectivity index (χ3v) is 2.62. The minimum atomic E-state index is 0.639. The zero-order valence-electron chi connectivity index (χ0n) is 8.89. The van der Waals surface area contributed by atoms with Crippen LogP contribution >= 0.6 is 0 Å². The summed E-state index contributed by atoms with van der Waals surface area (Å²) in [5, 5.41) is 3.42. The largest absolute Gasteiger partial charge is 0.461 e. The monoisotopic (exact) mass is 215 g/mol. The van der Waals surface area contributed by atoms with E-state index in [2.05, 4.69) is 15.3 Å². The summed E-state index contributed by atoms with van der Waals surface area (Å²) in [6, 6.07) is 4.41. The molecule has 0 unspecified atom stereocenters. The highest BCUT2D eigenvalue weighted by Gasteiger charge is 2.19. The van der Waals surface area contributed by atoms with Crippen LogP contribution < -0.4 is 5.32 Å². The first-order valence-corrected chi connectivity index (χ1v) is 5.50. The first kappa shape index (κ1) is 9.54. The number of furan rings is 1. The van der Waals surface area contributed by atoms with Crippen LogP contribution in [0.3, 0.4) is 0 Å². The zero-order chi connectivity index (χ0) is 10.8. The minimum absolute atomic E-state index is 0.639. The second-order valence-electron chi connectivity index (χ2n) is 4.05. The van der Waals surface area contributed by atoms with Crippen LogP contribution in [0.1, 0.15) is 18.4 Å². The van der Waals surface area contributed by atoms with Gasteiger partial charge in [-0.1, -0.05) is 0 Å². The zero-order valence-corrected chi connectivity index (χ0v) is 8.89. The summed E-state index contributed by atoms with van der Waals surface area (Å²) in [7, 11) is 0. The van der Waals surface area contributed by atoms with Crippen molar-refractivity contribution in [3.63, 3.8) is 0 Å². The van der Waals surface area contributed by atoms with Gasteiger partial charge >= 0.3 is 0 Å². The van der Waals surface area contributed by atoms with Crippen molar-refractivity contribution in [1.82, 2.24) is 15.3 Å². The van der Waals surface area contributed by atoms with E-state index in [0.717, 1.165) is 12.1 Å². The molecule has 16 heavy (non-hydrogen) atoms. The van der Waals surface area contributed by atoms with Gasteiger partial charge in [-0.2, -0.15) is 0 Å². The van der Waals surface area contributed by atoms with Gasteiger partial charge in [0.1, 0.15) is 0 Å². The molecule has 0 saturated heterocycles. The van der Waals surface area contributed by atoms with E-state index < -0.39 is 0 Å². The SMILES string of the molecule is c1coc(-c2ncc(CNC3CC3)cn2)c1. The number of nitrogens with zero attached hydrogens (tertiary/aromatic N) is 2. The predicted molar refractivity (Wildman–Crippen MR) is 59.6 cm³/mol. The predicted octanol–water partition coefficient (Wildman–Crippen LogP) is 1.99. The maximum atomic E-state index is 5.23. The molecule has 4 nitrogen and oxygen atoms in total. The van der Waals surface area contributed by atoms with Gasteiger partial charge in [0, 0.05) is 30.5 Å². The molecular formula is C12H13N3O. The van der Waals surface area contributed by atoms with Crippen LogP contribution in [0.15, 0.2) is 35.2 Å². The fourth-order valence-electron chi connectivity index (χ4n) is 1.53. The maximum absolute atomic E-state index is 5.23.